The summed E-state index contributed by atoms with van der Waals surface area (Å²) in [6.07, 6.45) is 0. The van der Waals surface area contributed by atoms with E-state index in [1.165, 1.54) is 88.0 Å². The lowest BCUT2D eigenvalue weighted by Gasteiger charge is -2.19. The standard InChI is InChI=1S/C41H31N/c1-26-16-22-38-36(24-26)37-25-27(2)17-23-39(37)42(38)30-20-18-29(19-21-30)40-32-12-6-8-14-34(32)41(31-11-5-4-10-28(31)3)35-15-9-7-13-33(35)40/h4-25H,1-3H3. The zero-order chi connectivity index (χ0) is 28.4. The SMILES string of the molecule is Cc1ccc2c(c1)c1cc(C)ccc1n2-c1ccc(-c2c3ccccc3c(-c3ccccc3C)c3ccccc23)cc1. The van der Waals surface area contributed by atoms with Crippen molar-refractivity contribution in [3.8, 4) is 27.9 Å². The van der Waals surface area contributed by atoms with E-state index in [4.69, 9.17) is 0 Å². The Bertz CT molecular complexity index is 2200. The third kappa shape index (κ3) is 3.71. The lowest BCUT2D eigenvalue weighted by Crippen LogP contribution is -1.95. The predicted octanol–water partition coefficient (Wildman–Crippen LogP) is 11.3. The van der Waals surface area contributed by atoms with Crippen LogP contribution in [0.3, 0.4) is 0 Å². The van der Waals surface area contributed by atoms with Crippen LogP contribution in [0.5, 0.6) is 0 Å². The molecule has 1 nitrogen and oxygen atoms in total. The molecule has 0 amide bonds. The first kappa shape index (κ1) is 24.6. The Morgan fingerprint density at radius 1 is 0.405 bits per heavy atom. The Kier molecular flexibility index (Phi) is 5.55. The molecule has 0 N–H and O–H groups in total. The minimum atomic E-state index is 1.18. The van der Waals surface area contributed by atoms with Crippen molar-refractivity contribution < 1.29 is 0 Å². The molecule has 0 aliphatic rings. The van der Waals surface area contributed by atoms with Crippen LogP contribution in [0.2, 0.25) is 0 Å². The zero-order valence-electron chi connectivity index (χ0n) is 24.1. The van der Waals surface area contributed by atoms with Gasteiger partial charge in [-0.3, -0.25) is 0 Å². The molecule has 0 aliphatic carbocycles. The highest BCUT2D eigenvalue weighted by atomic mass is 15.0. The fourth-order valence-corrected chi connectivity index (χ4v) is 6.89. The summed E-state index contributed by atoms with van der Waals surface area (Å²) in [6.45, 7) is 6.56. The average Bonchev–Trinajstić information content (AvgIpc) is 3.33. The second-order valence-corrected chi connectivity index (χ2v) is 11.6. The first-order valence-corrected chi connectivity index (χ1v) is 14.7. The van der Waals surface area contributed by atoms with Crippen LogP contribution in [-0.4, -0.2) is 4.57 Å². The van der Waals surface area contributed by atoms with Gasteiger partial charge in [-0.25, -0.2) is 0 Å². The summed E-state index contributed by atoms with van der Waals surface area (Å²) in [7, 11) is 0. The van der Waals surface area contributed by atoms with Gasteiger partial charge in [-0.1, -0.05) is 108 Å². The number of rotatable bonds is 3. The van der Waals surface area contributed by atoms with Gasteiger partial charge < -0.3 is 4.57 Å². The third-order valence-electron chi connectivity index (χ3n) is 8.84. The molecule has 0 saturated carbocycles. The van der Waals surface area contributed by atoms with Crippen molar-refractivity contribution in [1.82, 2.24) is 4.57 Å². The van der Waals surface area contributed by atoms with Gasteiger partial charge in [0.05, 0.1) is 11.0 Å². The molecule has 0 spiro atoms. The van der Waals surface area contributed by atoms with Gasteiger partial charge >= 0.3 is 0 Å². The zero-order valence-corrected chi connectivity index (χ0v) is 24.1. The number of nitrogens with zero attached hydrogens (tertiary/aromatic N) is 1. The average molecular weight is 538 g/mol. The molecule has 0 radical (unpaired) electrons. The minimum absolute atomic E-state index is 1.18. The van der Waals surface area contributed by atoms with Gasteiger partial charge in [-0.2, -0.15) is 0 Å². The van der Waals surface area contributed by atoms with Crippen molar-refractivity contribution in [3.63, 3.8) is 0 Å². The molecule has 0 unspecified atom stereocenters. The van der Waals surface area contributed by atoms with Crippen molar-refractivity contribution in [3.05, 3.63) is 150 Å². The summed E-state index contributed by atoms with van der Waals surface area (Å²) in [6, 6.07) is 49.3. The molecule has 42 heavy (non-hydrogen) atoms. The maximum absolute atomic E-state index is 2.41. The molecular formula is C41H31N. The topological polar surface area (TPSA) is 4.93 Å². The fourth-order valence-electron chi connectivity index (χ4n) is 6.89. The van der Waals surface area contributed by atoms with E-state index in [1.807, 2.05) is 0 Å². The number of fused-ring (bicyclic) bond motifs is 5. The summed E-state index contributed by atoms with van der Waals surface area (Å²) in [5, 5.41) is 7.76. The van der Waals surface area contributed by atoms with Crippen LogP contribution in [0.1, 0.15) is 16.7 Å². The van der Waals surface area contributed by atoms with Crippen molar-refractivity contribution in [1.29, 1.82) is 0 Å². The third-order valence-corrected chi connectivity index (χ3v) is 8.84. The van der Waals surface area contributed by atoms with Gasteiger partial charge in [-0.15, -0.1) is 0 Å². The van der Waals surface area contributed by atoms with Gasteiger partial charge in [0.15, 0.2) is 0 Å². The molecule has 0 fully saturated rings. The molecule has 0 atom stereocenters. The summed E-state index contributed by atoms with van der Waals surface area (Å²) in [4.78, 5) is 0. The van der Waals surface area contributed by atoms with Crippen LogP contribution in [-0.2, 0) is 0 Å². The van der Waals surface area contributed by atoms with Crippen molar-refractivity contribution in [2.45, 2.75) is 20.8 Å². The molecular weight excluding hydrogens is 506 g/mol. The lowest BCUT2D eigenvalue weighted by molar-refractivity contribution is 1.18. The van der Waals surface area contributed by atoms with Crippen molar-refractivity contribution in [2.75, 3.05) is 0 Å². The van der Waals surface area contributed by atoms with Crippen LogP contribution in [0.25, 0.3) is 71.3 Å². The number of benzene rings is 7. The Morgan fingerprint density at radius 2 is 0.881 bits per heavy atom. The van der Waals surface area contributed by atoms with Crippen LogP contribution in [0.15, 0.2) is 133 Å². The number of hydrogen-bond acceptors (Lipinski definition) is 0. The highest BCUT2D eigenvalue weighted by Gasteiger charge is 2.18. The summed E-state index contributed by atoms with van der Waals surface area (Å²) in [5.41, 5.74) is 12.7. The van der Waals surface area contributed by atoms with Crippen LogP contribution in [0.4, 0.5) is 0 Å². The summed E-state index contributed by atoms with van der Waals surface area (Å²) >= 11 is 0. The molecule has 8 rings (SSSR count). The maximum Gasteiger partial charge on any atom is 0.0541 e. The molecule has 200 valence electrons. The molecule has 1 heterocycles. The number of hydrogen-bond donors (Lipinski definition) is 0. The first-order chi connectivity index (χ1) is 20.6. The van der Waals surface area contributed by atoms with E-state index >= 15 is 0 Å². The first-order valence-electron chi connectivity index (χ1n) is 14.7. The molecule has 7 aromatic carbocycles. The lowest BCUT2D eigenvalue weighted by atomic mass is 9.85. The Hall–Kier alpha value is -5.14. The predicted molar refractivity (Wildman–Crippen MR) is 181 cm³/mol. The second-order valence-electron chi connectivity index (χ2n) is 11.6. The fraction of sp³-hybridized carbons (Fsp3) is 0.0732. The Morgan fingerprint density at radius 3 is 1.40 bits per heavy atom. The second kappa shape index (κ2) is 9.46. The summed E-state index contributed by atoms with van der Waals surface area (Å²) < 4.78 is 2.41. The summed E-state index contributed by atoms with van der Waals surface area (Å²) in [5.74, 6) is 0. The quantitative estimate of drug-likeness (QED) is 0.198. The highest BCUT2D eigenvalue weighted by molar-refractivity contribution is 6.21. The molecule has 8 aromatic rings. The van der Waals surface area contributed by atoms with E-state index < -0.39 is 0 Å². The van der Waals surface area contributed by atoms with Gasteiger partial charge in [0.2, 0.25) is 0 Å². The number of aromatic nitrogens is 1. The van der Waals surface area contributed by atoms with Crippen LogP contribution < -0.4 is 0 Å². The Labute approximate surface area is 246 Å². The van der Waals surface area contributed by atoms with E-state index in [-0.39, 0.29) is 0 Å². The number of aryl methyl sites for hydroxylation is 3. The van der Waals surface area contributed by atoms with Gasteiger partial charge in [0.1, 0.15) is 0 Å². The van der Waals surface area contributed by atoms with Crippen LogP contribution >= 0.6 is 0 Å². The molecule has 0 bridgehead atoms. The van der Waals surface area contributed by atoms with E-state index in [2.05, 4.69) is 159 Å². The smallest absolute Gasteiger partial charge is 0.0541 e. The van der Waals surface area contributed by atoms with E-state index in [9.17, 15) is 0 Å². The molecule has 1 aromatic heterocycles. The van der Waals surface area contributed by atoms with Gasteiger partial charge in [-0.05, 0) is 107 Å². The molecule has 1 heteroatoms. The molecule has 0 saturated heterocycles. The van der Waals surface area contributed by atoms with Gasteiger partial charge in [0.25, 0.3) is 0 Å². The van der Waals surface area contributed by atoms with E-state index in [0.29, 0.717) is 0 Å². The highest BCUT2D eigenvalue weighted by Crippen LogP contribution is 2.44. The Balaban J connectivity index is 1.37. The molecule has 0 aliphatic heterocycles. The van der Waals surface area contributed by atoms with E-state index in [1.54, 1.807) is 0 Å². The minimum Gasteiger partial charge on any atom is -0.309 e. The van der Waals surface area contributed by atoms with Crippen molar-refractivity contribution in [2.24, 2.45) is 0 Å². The van der Waals surface area contributed by atoms with E-state index in [0.717, 1.165) is 0 Å². The van der Waals surface area contributed by atoms with Gasteiger partial charge in [0, 0.05) is 16.5 Å². The monoisotopic (exact) mass is 537 g/mol. The van der Waals surface area contributed by atoms with Crippen molar-refractivity contribution >= 4 is 43.4 Å². The largest absolute Gasteiger partial charge is 0.309 e. The maximum atomic E-state index is 2.41. The normalized spacial score (nSPS) is 11.7. The van der Waals surface area contributed by atoms with Crippen LogP contribution in [0, 0.1) is 20.8 Å².